The van der Waals surface area contributed by atoms with Crippen molar-refractivity contribution in [1.82, 2.24) is 0 Å². The van der Waals surface area contributed by atoms with Crippen LogP contribution in [0.5, 0.6) is 0 Å². The van der Waals surface area contributed by atoms with Gasteiger partial charge in [0.05, 0.1) is 0 Å². The second-order valence-electron chi connectivity index (χ2n) is 3.17. The Morgan fingerprint density at radius 1 is 1.43 bits per heavy atom. The molecular formula is C10H14ClFN2. The van der Waals surface area contributed by atoms with Crippen molar-refractivity contribution in [3.63, 3.8) is 0 Å². The molecule has 78 valence electrons. The van der Waals surface area contributed by atoms with Gasteiger partial charge in [0.1, 0.15) is 5.82 Å². The van der Waals surface area contributed by atoms with Crippen LogP contribution in [0.1, 0.15) is 24.4 Å². The Bertz CT molecular complexity index is 284. The standard InChI is InChI=1S/C10H14ClFN2/c11-7-3-1-4-8(12)10(7)9(14)5-2-6-13/h1,3-4,9H,2,5-6,13-14H2/t9-/m0/s1. The zero-order chi connectivity index (χ0) is 10.6. The highest BCUT2D eigenvalue weighted by molar-refractivity contribution is 6.31. The third-order valence-corrected chi connectivity index (χ3v) is 2.42. The lowest BCUT2D eigenvalue weighted by Gasteiger charge is -2.13. The molecule has 0 fully saturated rings. The van der Waals surface area contributed by atoms with E-state index in [1.54, 1.807) is 12.1 Å². The predicted molar refractivity (Wildman–Crippen MR) is 56.6 cm³/mol. The molecule has 0 heterocycles. The fraction of sp³-hybridized carbons (Fsp3) is 0.400. The van der Waals surface area contributed by atoms with Crippen LogP contribution < -0.4 is 11.5 Å². The van der Waals surface area contributed by atoms with Gasteiger partial charge in [0, 0.05) is 16.6 Å². The maximum Gasteiger partial charge on any atom is 0.129 e. The fourth-order valence-corrected chi connectivity index (χ4v) is 1.65. The number of hydrogen-bond donors (Lipinski definition) is 2. The van der Waals surface area contributed by atoms with E-state index in [1.165, 1.54) is 6.07 Å². The van der Waals surface area contributed by atoms with Gasteiger partial charge in [-0.1, -0.05) is 17.7 Å². The first kappa shape index (κ1) is 11.4. The Hall–Kier alpha value is -0.640. The topological polar surface area (TPSA) is 52.0 Å². The van der Waals surface area contributed by atoms with E-state index in [1.807, 2.05) is 0 Å². The summed E-state index contributed by atoms with van der Waals surface area (Å²) in [5.41, 5.74) is 11.5. The van der Waals surface area contributed by atoms with E-state index in [0.29, 0.717) is 23.6 Å². The molecule has 14 heavy (non-hydrogen) atoms. The molecule has 2 nitrogen and oxygen atoms in total. The highest BCUT2D eigenvalue weighted by Crippen LogP contribution is 2.26. The van der Waals surface area contributed by atoms with E-state index < -0.39 is 0 Å². The van der Waals surface area contributed by atoms with Crippen LogP contribution in [-0.4, -0.2) is 6.54 Å². The Kier molecular flexibility index (Phi) is 4.32. The van der Waals surface area contributed by atoms with Gasteiger partial charge in [0.2, 0.25) is 0 Å². The van der Waals surface area contributed by atoms with E-state index in [4.69, 9.17) is 23.1 Å². The average molecular weight is 217 g/mol. The molecule has 0 aliphatic rings. The van der Waals surface area contributed by atoms with E-state index in [9.17, 15) is 4.39 Å². The molecule has 4 N–H and O–H groups in total. The van der Waals surface area contributed by atoms with Crippen LogP contribution in [0.15, 0.2) is 18.2 Å². The van der Waals surface area contributed by atoms with Crippen molar-refractivity contribution in [3.05, 3.63) is 34.6 Å². The van der Waals surface area contributed by atoms with Crippen molar-refractivity contribution >= 4 is 11.6 Å². The predicted octanol–water partition coefficient (Wildman–Crippen LogP) is 2.22. The summed E-state index contributed by atoms with van der Waals surface area (Å²) in [6.07, 6.45) is 1.42. The zero-order valence-corrected chi connectivity index (χ0v) is 8.60. The van der Waals surface area contributed by atoms with Gasteiger partial charge >= 0.3 is 0 Å². The van der Waals surface area contributed by atoms with Gasteiger partial charge in [0.25, 0.3) is 0 Å². The minimum Gasteiger partial charge on any atom is -0.330 e. The van der Waals surface area contributed by atoms with E-state index >= 15 is 0 Å². The quantitative estimate of drug-likeness (QED) is 0.811. The van der Waals surface area contributed by atoms with E-state index in [2.05, 4.69) is 0 Å². The molecule has 0 amide bonds. The second kappa shape index (κ2) is 5.29. The lowest BCUT2D eigenvalue weighted by molar-refractivity contribution is 0.553. The Morgan fingerprint density at radius 3 is 2.71 bits per heavy atom. The normalized spacial score (nSPS) is 12.9. The highest BCUT2D eigenvalue weighted by Gasteiger charge is 2.14. The average Bonchev–Trinajstić information content (AvgIpc) is 2.14. The molecule has 0 radical (unpaired) electrons. The summed E-state index contributed by atoms with van der Waals surface area (Å²) in [5.74, 6) is -0.345. The molecule has 0 saturated heterocycles. The van der Waals surface area contributed by atoms with Gasteiger partial charge < -0.3 is 11.5 Å². The van der Waals surface area contributed by atoms with Gasteiger partial charge in [-0.05, 0) is 31.5 Å². The zero-order valence-electron chi connectivity index (χ0n) is 7.84. The maximum absolute atomic E-state index is 13.3. The molecule has 1 atom stereocenters. The number of halogens is 2. The van der Waals surface area contributed by atoms with Crippen molar-refractivity contribution in [1.29, 1.82) is 0 Å². The number of rotatable bonds is 4. The second-order valence-corrected chi connectivity index (χ2v) is 3.58. The summed E-state index contributed by atoms with van der Waals surface area (Å²) in [7, 11) is 0. The first-order valence-corrected chi connectivity index (χ1v) is 4.94. The number of hydrogen-bond acceptors (Lipinski definition) is 2. The van der Waals surface area contributed by atoms with Crippen molar-refractivity contribution in [3.8, 4) is 0 Å². The molecule has 0 saturated carbocycles. The van der Waals surface area contributed by atoms with Gasteiger partial charge in [-0.3, -0.25) is 0 Å². The Morgan fingerprint density at radius 2 is 2.14 bits per heavy atom. The number of benzene rings is 1. The van der Waals surface area contributed by atoms with Crippen LogP contribution in [0.4, 0.5) is 4.39 Å². The lowest BCUT2D eigenvalue weighted by atomic mass is 10.0. The molecule has 4 heteroatoms. The molecule has 0 unspecified atom stereocenters. The first-order chi connectivity index (χ1) is 6.66. The fourth-order valence-electron chi connectivity index (χ4n) is 1.35. The molecule has 1 rings (SSSR count). The summed E-state index contributed by atoms with van der Waals surface area (Å²) in [5, 5.41) is 0.384. The summed E-state index contributed by atoms with van der Waals surface area (Å²) in [6.45, 7) is 0.555. The van der Waals surface area contributed by atoms with Gasteiger partial charge in [-0.2, -0.15) is 0 Å². The van der Waals surface area contributed by atoms with Crippen molar-refractivity contribution < 1.29 is 4.39 Å². The van der Waals surface area contributed by atoms with Gasteiger partial charge in [0.15, 0.2) is 0 Å². The largest absolute Gasteiger partial charge is 0.330 e. The van der Waals surface area contributed by atoms with E-state index in [-0.39, 0.29) is 11.9 Å². The third-order valence-electron chi connectivity index (χ3n) is 2.09. The first-order valence-electron chi connectivity index (χ1n) is 4.56. The smallest absolute Gasteiger partial charge is 0.129 e. The monoisotopic (exact) mass is 216 g/mol. The van der Waals surface area contributed by atoms with Crippen molar-refractivity contribution in [2.45, 2.75) is 18.9 Å². The van der Waals surface area contributed by atoms with Crippen LogP contribution in [0.3, 0.4) is 0 Å². The number of nitrogens with two attached hydrogens (primary N) is 2. The summed E-state index contributed by atoms with van der Waals surface area (Å²) in [4.78, 5) is 0. The lowest BCUT2D eigenvalue weighted by Crippen LogP contribution is -2.14. The van der Waals surface area contributed by atoms with Crippen LogP contribution in [0, 0.1) is 5.82 Å². The molecule has 0 aliphatic carbocycles. The third kappa shape index (κ3) is 2.67. The van der Waals surface area contributed by atoms with Gasteiger partial charge in [-0.15, -0.1) is 0 Å². The van der Waals surface area contributed by atoms with Crippen LogP contribution in [0.2, 0.25) is 5.02 Å². The maximum atomic E-state index is 13.3. The van der Waals surface area contributed by atoms with E-state index in [0.717, 1.165) is 6.42 Å². The minimum absolute atomic E-state index is 0.345. The Balaban J connectivity index is 2.82. The molecule has 1 aromatic rings. The molecule has 0 aromatic heterocycles. The SMILES string of the molecule is NCCC[C@H](N)c1c(F)cccc1Cl. The molecular weight excluding hydrogens is 203 g/mol. The Labute approximate surface area is 88.0 Å². The summed E-state index contributed by atoms with van der Waals surface area (Å²) in [6, 6.07) is 4.20. The van der Waals surface area contributed by atoms with Crippen molar-refractivity contribution in [2.24, 2.45) is 11.5 Å². The highest BCUT2D eigenvalue weighted by atomic mass is 35.5. The van der Waals surface area contributed by atoms with Crippen LogP contribution in [0.25, 0.3) is 0 Å². The van der Waals surface area contributed by atoms with Crippen LogP contribution in [-0.2, 0) is 0 Å². The molecule has 0 spiro atoms. The van der Waals surface area contributed by atoms with Crippen molar-refractivity contribution in [2.75, 3.05) is 6.54 Å². The minimum atomic E-state index is -0.368. The van der Waals surface area contributed by atoms with Crippen LogP contribution >= 0.6 is 11.6 Å². The molecule has 0 aliphatic heterocycles. The molecule has 0 bridgehead atoms. The van der Waals surface area contributed by atoms with Gasteiger partial charge in [-0.25, -0.2) is 4.39 Å². The summed E-state index contributed by atoms with van der Waals surface area (Å²) < 4.78 is 13.3. The summed E-state index contributed by atoms with van der Waals surface area (Å²) >= 11 is 5.85. The molecule has 1 aromatic carbocycles.